The fourth-order valence-corrected chi connectivity index (χ4v) is 3.66. The maximum atomic E-state index is 12.8. The first-order chi connectivity index (χ1) is 8.63. The monoisotopic (exact) mass is 245 g/mol. The Morgan fingerprint density at radius 1 is 1.39 bits per heavy atom. The summed E-state index contributed by atoms with van der Waals surface area (Å²) in [5.41, 5.74) is 0.294. The van der Waals surface area contributed by atoms with E-state index in [2.05, 4.69) is 4.90 Å². The molecule has 2 fully saturated rings. The van der Waals surface area contributed by atoms with Crippen LogP contribution in [0.15, 0.2) is 30.3 Å². The van der Waals surface area contributed by atoms with Crippen molar-refractivity contribution in [1.82, 2.24) is 4.90 Å². The number of hydrogen-bond donors (Lipinski definition) is 1. The maximum absolute atomic E-state index is 12.8. The smallest absolute Gasteiger partial charge is 0.183 e. The molecule has 2 bridgehead atoms. The minimum atomic E-state index is -0.469. The molecule has 2 aliphatic heterocycles. The van der Waals surface area contributed by atoms with Crippen molar-refractivity contribution in [1.29, 1.82) is 0 Å². The molecular weight excluding hydrogens is 226 g/mol. The highest BCUT2D eigenvalue weighted by atomic mass is 16.3. The van der Waals surface area contributed by atoms with Crippen LogP contribution in [0.4, 0.5) is 0 Å². The summed E-state index contributed by atoms with van der Waals surface area (Å²) in [4.78, 5) is 15.0. The zero-order chi connectivity index (χ0) is 12.8. The van der Waals surface area contributed by atoms with Gasteiger partial charge in [0.25, 0.3) is 0 Å². The molecule has 1 aromatic carbocycles. The summed E-state index contributed by atoms with van der Waals surface area (Å²) in [6.45, 7) is 0. The predicted molar refractivity (Wildman–Crippen MR) is 69.5 cm³/mol. The fourth-order valence-electron chi connectivity index (χ4n) is 3.66. The molecule has 0 amide bonds. The molecule has 2 aliphatic rings. The van der Waals surface area contributed by atoms with E-state index in [0.29, 0.717) is 12.5 Å². The van der Waals surface area contributed by atoms with Crippen molar-refractivity contribution < 1.29 is 9.90 Å². The Morgan fingerprint density at radius 2 is 2.11 bits per heavy atom. The number of aliphatic hydroxyl groups excluding tert-OH is 1. The predicted octanol–water partition coefficient (Wildman–Crippen LogP) is 1.86. The van der Waals surface area contributed by atoms with E-state index in [-0.39, 0.29) is 11.9 Å². The van der Waals surface area contributed by atoms with E-state index in [1.165, 1.54) is 0 Å². The molecule has 0 radical (unpaired) electrons. The van der Waals surface area contributed by atoms with Crippen LogP contribution in [0.5, 0.6) is 0 Å². The normalized spacial score (nSPS) is 35.7. The number of Topliss-reactive ketones (excluding diaryl/α,β-unsaturated/α-hetero) is 1. The number of carbonyl (C=O) groups is 1. The second kappa shape index (κ2) is 4.18. The summed E-state index contributed by atoms with van der Waals surface area (Å²) in [5, 5.41) is 9.99. The number of carbonyl (C=O) groups excluding carboxylic acids is 1. The second-order valence-electron chi connectivity index (χ2n) is 5.62. The van der Waals surface area contributed by atoms with Gasteiger partial charge in [0.15, 0.2) is 5.78 Å². The van der Waals surface area contributed by atoms with Crippen molar-refractivity contribution in [2.24, 2.45) is 0 Å². The highest BCUT2D eigenvalue weighted by Crippen LogP contribution is 2.44. The van der Waals surface area contributed by atoms with Crippen LogP contribution in [0.1, 0.15) is 36.0 Å². The van der Waals surface area contributed by atoms with Crippen molar-refractivity contribution in [2.75, 3.05) is 7.05 Å². The number of rotatable bonds is 2. The number of hydrogen-bond acceptors (Lipinski definition) is 3. The van der Waals surface area contributed by atoms with Gasteiger partial charge in [0, 0.05) is 11.6 Å². The van der Waals surface area contributed by atoms with Crippen LogP contribution in [0, 0.1) is 0 Å². The average Bonchev–Trinajstić information content (AvgIpc) is 2.60. The summed E-state index contributed by atoms with van der Waals surface area (Å²) < 4.78 is 0. The zero-order valence-corrected chi connectivity index (χ0v) is 10.7. The number of benzene rings is 1. The van der Waals surface area contributed by atoms with Crippen LogP contribution >= 0.6 is 0 Å². The van der Waals surface area contributed by atoms with Gasteiger partial charge in [0.05, 0.1) is 11.6 Å². The standard InChI is InChI=1S/C15H19NO2/c1-16-12-7-8-15(16,10-13(17)9-12)14(18)11-5-3-2-4-6-11/h2-6,12-13,17H,7-10H2,1H3. The first-order valence-corrected chi connectivity index (χ1v) is 6.64. The van der Waals surface area contributed by atoms with E-state index >= 15 is 0 Å². The molecular formula is C15H19NO2. The van der Waals surface area contributed by atoms with Gasteiger partial charge in [-0.15, -0.1) is 0 Å². The van der Waals surface area contributed by atoms with E-state index < -0.39 is 5.54 Å². The van der Waals surface area contributed by atoms with Gasteiger partial charge in [-0.25, -0.2) is 0 Å². The summed E-state index contributed by atoms with van der Waals surface area (Å²) in [6.07, 6.45) is 2.94. The fraction of sp³-hybridized carbons (Fsp3) is 0.533. The Balaban J connectivity index is 1.97. The SMILES string of the molecule is CN1C2CCC1(C(=O)c1ccccc1)CC(O)C2. The highest BCUT2D eigenvalue weighted by Gasteiger charge is 2.54. The minimum absolute atomic E-state index is 0.173. The summed E-state index contributed by atoms with van der Waals surface area (Å²) in [5.74, 6) is 0.173. The Morgan fingerprint density at radius 3 is 2.83 bits per heavy atom. The van der Waals surface area contributed by atoms with Gasteiger partial charge in [0.2, 0.25) is 0 Å². The van der Waals surface area contributed by atoms with Gasteiger partial charge >= 0.3 is 0 Å². The van der Waals surface area contributed by atoms with Crippen LogP contribution in [-0.2, 0) is 0 Å². The molecule has 0 aliphatic carbocycles. The Labute approximate surface area is 107 Å². The lowest BCUT2D eigenvalue weighted by Gasteiger charge is -2.43. The van der Waals surface area contributed by atoms with Crippen molar-refractivity contribution >= 4 is 5.78 Å². The van der Waals surface area contributed by atoms with Crippen LogP contribution in [0.2, 0.25) is 0 Å². The van der Waals surface area contributed by atoms with Crippen molar-refractivity contribution in [3.63, 3.8) is 0 Å². The number of ketones is 1. The Hall–Kier alpha value is -1.19. The minimum Gasteiger partial charge on any atom is -0.393 e. The van der Waals surface area contributed by atoms with Crippen molar-refractivity contribution in [2.45, 2.75) is 43.4 Å². The van der Waals surface area contributed by atoms with Gasteiger partial charge in [0.1, 0.15) is 0 Å². The lowest BCUT2D eigenvalue weighted by molar-refractivity contribution is 0.00274. The molecule has 1 N–H and O–H groups in total. The van der Waals surface area contributed by atoms with Gasteiger partial charge in [-0.05, 0) is 32.7 Å². The molecule has 18 heavy (non-hydrogen) atoms. The summed E-state index contributed by atoms with van der Waals surface area (Å²) in [6, 6.07) is 9.83. The zero-order valence-electron chi connectivity index (χ0n) is 10.7. The lowest BCUT2D eigenvalue weighted by Crippen LogP contribution is -2.56. The summed E-state index contributed by atoms with van der Waals surface area (Å²) in [7, 11) is 2.03. The first-order valence-electron chi connectivity index (χ1n) is 6.64. The van der Waals surface area contributed by atoms with Gasteiger partial charge in [-0.3, -0.25) is 9.69 Å². The Kier molecular flexibility index (Phi) is 2.76. The van der Waals surface area contributed by atoms with Crippen LogP contribution < -0.4 is 0 Å². The van der Waals surface area contributed by atoms with Gasteiger partial charge in [-0.2, -0.15) is 0 Å². The maximum Gasteiger partial charge on any atom is 0.183 e. The molecule has 3 nitrogen and oxygen atoms in total. The quantitative estimate of drug-likeness (QED) is 0.808. The van der Waals surface area contributed by atoms with E-state index in [0.717, 1.165) is 24.8 Å². The molecule has 0 aromatic heterocycles. The molecule has 0 spiro atoms. The highest BCUT2D eigenvalue weighted by molar-refractivity contribution is 6.03. The topological polar surface area (TPSA) is 40.5 Å². The number of likely N-dealkylation sites (N-methyl/N-ethyl adjacent to an activating group) is 1. The number of fused-ring (bicyclic) bond motifs is 2. The molecule has 3 unspecified atom stereocenters. The van der Waals surface area contributed by atoms with E-state index in [1.54, 1.807) is 0 Å². The van der Waals surface area contributed by atoms with E-state index in [4.69, 9.17) is 0 Å². The molecule has 3 atom stereocenters. The van der Waals surface area contributed by atoms with Crippen molar-refractivity contribution in [3.05, 3.63) is 35.9 Å². The average molecular weight is 245 g/mol. The van der Waals surface area contributed by atoms with E-state index in [9.17, 15) is 9.90 Å². The number of aliphatic hydroxyl groups is 1. The third kappa shape index (κ3) is 1.62. The summed E-state index contributed by atoms with van der Waals surface area (Å²) >= 11 is 0. The van der Waals surface area contributed by atoms with Gasteiger partial charge < -0.3 is 5.11 Å². The molecule has 3 heteroatoms. The van der Waals surface area contributed by atoms with Crippen LogP contribution in [0.25, 0.3) is 0 Å². The van der Waals surface area contributed by atoms with Gasteiger partial charge in [-0.1, -0.05) is 30.3 Å². The molecule has 96 valence electrons. The van der Waals surface area contributed by atoms with Crippen LogP contribution in [-0.4, -0.2) is 40.5 Å². The molecule has 0 saturated carbocycles. The van der Waals surface area contributed by atoms with Crippen molar-refractivity contribution in [3.8, 4) is 0 Å². The lowest BCUT2D eigenvalue weighted by atomic mass is 9.80. The largest absolute Gasteiger partial charge is 0.393 e. The molecule has 1 aromatic rings. The molecule has 2 heterocycles. The molecule has 3 rings (SSSR count). The number of nitrogens with zero attached hydrogens (tertiary/aromatic N) is 1. The van der Waals surface area contributed by atoms with E-state index in [1.807, 2.05) is 37.4 Å². The first kappa shape index (κ1) is 11.9. The third-order valence-corrected chi connectivity index (χ3v) is 4.69. The number of piperidine rings is 1. The molecule has 2 saturated heterocycles. The third-order valence-electron chi connectivity index (χ3n) is 4.69. The van der Waals surface area contributed by atoms with Crippen LogP contribution in [0.3, 0.4) is 0 Å². The Bertz CT molecular complexity index is 459. The second-order valence-corrected chi connectivity index (χ2v) is 5.62.